The van der Waals surface area contributed by atoms with Crippen molar-refractivity contribution >= 4 is 96.6 Å². The molecule has 0 radical (unpaired) electrons. The lowest BCUT2D eigenvalue weighted by molar-refractivity contribution is -0.122. The van der Waals surface area contributed by atoms with E-state index in [1.807, 2.05) is 65.8 Å². The number of carboxylic acids is 1. The highest BCUT2D eigenvalue weighted by atomic mass is 33.1. The fraction of sp³-hybridized carbons (Fsp3) is 0.491. The van der Waals surface area contributed by atoms with Gasteiger partial charge >= 0.3 is 29.4 Å². The highest BCUT2D eigenvalue weighted by Crippen LogP contribution is 2.66. The zero-order valence-corrected chi connectivity index (χ0v) is 53.7. The van der Waals surface area contributed by atoms with Crippen LogP contribution in [0.1, 0.15) is 78.6 Å². The summed E-state index contributed by atoms with van der Waals surface area (Å²) < 4.78 is 89.5. The van der Waals surface area contributed by atoms with Crippen LogP contribution in [-0.2, 0) is 60.1 Å². The molecule has 488 valence electrons. The molecule has 4 heterocycles. The Labute approximate surface area is 517 Å². The summed E-state index contributed by atoms with van der Waals surface area (Å²) in [5.41, 5.74) is 10.4. The summed E-state index contributed by atoms with van der Waals surface area (Å²) in [6, 6.07) is 12.4. The Morgan fingerprint density at radius 1 is 0.888 bits per heavy atom. The van der Waals surface area contributed by atoms with E-state index < -0.39 is 70.7 Å². The third-order valence-electron chi connectivity index (χ3n) is 13.1. The van der Waals surface area contributed by atoms with Crippen LogP contribution in [0.25, 0.3) is 44.6 Å². The number of aromatic carboxylic acids is 1. The van der Waals surface area contributed by atoms with Crippen LogP contribution in [0, 0.1) is 13.8 Å². The van der Waals surface area contributed by atoms with Gasteiger partial charge in [0.2, 0.25) is 11.9 Å². The minimum Gasteiger partial charge on any atom is -0.478 e. The van der Waals surface area contributed by atoms with Crippen molar-refractivity contribution in [1.29, 1.82) is 0 Å². The van der Waals surface area contributed by atoms with Gasteiger partial charge in [0, 0.05) is 83.7 Å². The molecule has 89 heavy (non-hydrogen) atoms. The van der Waals surface area contributed by atoms with Gasteiger partial charge in [-0.3, -0.25) is 33.5 Å². The third kappa shape index (κ3) is 20.7. The van der Waals surface area contributed by atoms with Crippen LogP contribution in [0.5, 0.6) is 0 Å². The lowest BCUT2D eigenvalue weighted by Gasteiger charge is -2.24. The molecule has 4 aromatic rings. The highest BCUT2D eigenvalue weighted by molar-refractivity contribution is 8.77. The van der Waals surface area contributed by atoms with Crippen LogP contribution in [0.15, 0.2) is 63.0 Å². The van der Waals surface area contributed by atoms with Crippen LogP contribution in [0.3, 0.4) is 0 Å². The summed E-state index contributed by atoms with van der Waals surface area (Å²) in [6.45, 7) is 14.5. The molecule has 0 bridgehead atoms. The van der Waals surface area contributed by atoms with E-state index in [-0.39, 0.29) is 119 Å². The molecule has 0 spiro atoms. The van der Waals surface area contributed by atoms with Crippen LogP contribution in [0.4, 0.5) is 11.6 Å². The predicted octanol–water partition coefficient (Wildman–Crippen LogP) is 6.02. The van der Waals surface area contributed by atoms with E-state index >= 15 is 0 Å². The molecule has 31 nitrogen and oxygen atoms in total. The number of benzene rings is 3. The SMILES string of the molecule is CCN=c1cc2oc3cc(NCC)c(C)cc3c(-c3ccc(C(=O)NCCOCCOCCOCCOCCC(=O)NCC(C)(C)SSCO[C@@H]4C[C@H](n5cnc6c(=O)[nH]c(N)nc65)O[C@@H]4COP(=O)(O)OP(=O)(O)OP(=O)(O)O)cc3C(=O)O)c-2cc1C. The van der Waals surface area contributed by atoms with E-state index in [2.05, 4.69) is 44.5 Å². The van der Waals surface area contributed by atoms with Crippen LogP contribution in [0.2, 0.25) is 0 Å². The van der Waals surface area contributed by atoms with Crippen molar-refractivity contribution in [2.24, 2.45) is 4.99 Å². The van der Waals surface area contributed by atoms with Gasteiger partial charge in [-0.15, -0.1) is 0 Å². The number of hydrogen-bond donors (Lipinski definition) is 10. The van der Waals surface area contributed by atoms with Gasteiger partial charge < -0.3 is 79.2 Å². The molecule has 11 N–H and O–H groups in total. The molecule has 36 heteroatoms. The number of aryl methyl sites for hydroxylation is 2. The van der Waals surface area contributed by atoms with E-state index in [0.29, 0.717) is 35.6 Å². The number of aromatic amines is 1. The number of hydrogen-bond acceptors (Lipinski definition) is 24. The Kier molecular flexibility index (Phi) is 25.5. The Hall–Kier alpha value is -5.64. The third-order valence-corrected chi connectivity index (χ3v) is 19.8. The number of nitrogens with two attached hydrogens (primary N) is 1. The topological polar surface area (TPSA) is 438 Å². The van der Waals surface area contributed by atoms with E-state index in [9.17, 15) is 47.8 Å². The van der Waals surface area contributed by atoms with Crippen molar-refractivity contribution in [2.75, 3.05) is 103 Å². The number of carbonyl (C=O) groups excluding carboxylic acids is 2. The number of aromatic nitrogens is 4. The van der Waals surface area contributed by atoms with E-state index in [1.165, 1.54) is 38.5 Å². The van der Waals surface area contributed by atoms with Gasteiger partial charge in [0.15, 0.2) is 11.2 Å². The first-order valence-corrected chi connectivity index (χ1v) is 34.6. The number of ether oxygens (including phenoxy) is 6. The molecule has 2 amide bonds. The summed E-state index contributed by atoms with van der Waals surface area (Å²) in [7, 11) is -14.3. The minimum atomic E-state index is -5.79. The largest absolute Gasteiger partial charge is 0.490 e. The number of phosphoric acid groups is 3. The standard InChI is InChI=1S/C53H72N9O22P3S2/c1-7-55-38-24-40-36(21-31(38)3)46(37-22-32(4)39(56-8-2)25-41(37)81-40)34-10-9-33(23-35(34)51(66)67)49(64)57-12-14-76-16-18-78-20-19-77-17-15-75-13-11-44(63)58-28-53(5,6)89-88-30-79-42-26-45(62-29-59-47-48(62)60-52(54)61-50(47)65)82-43(42)27-80-86(71,72)84-87(73,74)83-85(68,69)70/h9-10,21-25,29,42-43,45,55H,7-8,11-20,26-28,30H2,1-6H3,(H,57,64)(H,58,63)(H,66,67)(H,71,72)(H,73,74)(H2,68,69,70)(H3,54,60,61,65)/t42-,43-,45-/m1/s1. The van der Waals surface area contributed by atoms with Crippen molar-refractivity contribution < 1.29 is 98.7 Å². The maximum absolute atomic E-state index is 13.3. The monoisotopic (exact) mass is 1340 g/mol. The molecule has 2 unspecified atom stereocenters. The highest BCUT2D eigenvalue weighted by Gasteiger charge is 2.44. The first-order chi connectivity index (χ1) is 42.2. The van der Waals surface area contributed by atoms with Crippen molar-refractivity contribution in [3.8, 4) is 22.5 Å². The average Bonchev–Trinajstić information content (AvgIpc) is 1.77. The number of fused-ring (bicyclic) bond motifs is 3. The zero-order chi connectivity index (χ0) is 64.7. The summed E-state index contributed by atoms with van der Waals surface area (Å²) in [5, 5.41) is 21.1. The van der Waals surface area contributed by atoms with Crippen LogP contribution in [-0.4, -0.2) is 171 Å². The smallest absolute Gasteiger partial charge is 0.478 e. The first kappa shape index (κ1) is 70.8. The fourth-order valence-corrected chi connectivity index (χ4v) is 14.3. The quantitative estimate of drug-likeness (QED) is 0.00706. The molecular weight excluding hydrogens is 1270 g/mol. The number of imidazole rings is 1. The van der Waals surface area contributed by atoms with E-state index in [1.54, 1.807) is 12.1 Å². The molecular formula is C53H72N9O22P3S2. The van der Waals surface area contributed by atoms with E-state index in [0.717, 1.165) is 33.1 Å². The number of rotatable bonds is 36. The lowest BCUT2D eigenvalue weighted by atomic mass is 9.88. The molecule has 2 aromatic carbocycles. The van der Waals surface area contributed by atoms with Gasteiger partial charge in [-0.2, -0.15) is 13.6 Å². The number of carboxylic acid groups (broad SMARTS) is 1. The summed E-state index contributed by atoms with van der Waals surface area (Å²) >= 11 is 0. The van der Waals surface area contributed by atoms with Crippen molar-refractivity contribution in [3.05, 3.63) is 86.8 Å². The number of anilines is 2. The van der Waals surface area contributed by atoms with Crippen LogP contribution >= 0.6 is 45.1 Å². The van der Waals surface area contributed by atoms with Gasteiger partial charge in [-0.05, 0) is 82.5 Å². The molecule has 7 rings (SSSR count). The number of nitrogens with one attached hydrogen (secondary N) is 4. The van der Waals surface area contributed by atoms with Gasteiger partial charge in [0.05, 0.1) is 82.8 Å². The lowest BCUT2D eigenvalue weighted by Crippen LogP contribution is -2.36. The maximum atomic E-state index is 13.3. The Balaban J connectivity index is 0.752. The maximum Gasteiger partial charge on any atom is 0.490 e. The van der Waals surface area contributed by atoms with Gasteiger partial charge in [-0.1, -0.05) is 27.7 Å². The van der Waals surface area contributed by atoms with Gasteiger partial charge in [0.25, 0.3) is 11.5 Å². The van der Waals surface area contributed by atoms with Crippen molar-refractivity contribution in [3.63, 3.8) is 0 Å². The number of carbonyl (C=O) groups is 3. The molecule has 1 saturated heterocycles. The summed E-state index contributed by atoms with van der Waals surface area (Å²) in [4.78, 5) is 104. The van der Waals surface area contributed by atoms with Gasteiger partial charge in [0.1, 0.15) is 29.6 Å². The van der Waals surface area contributed by atoms with Crippen molar-refractivity contribution in [1.82, 2.24) is 30.2 Å². The second-order valence-corrected chi connectivity index (χ2v) is 27.8. The first-order valence-electron chi connectivity index (χ1n) is 27.7. The Morgan fingerprint density at radius 2 is 1.58 bits per heavy atom. The molecule has 1 fully saturated rings. The Morgan fingerprint density at radius 3 is 2.26 bits per heavy atom. The summed E-state index contributed by atoms with van der Waals surface area (Å²) in [5.74, 6) is -1.55. The summed E-state index contributed by atoms with van der Waals surface area (Å²) in [6.07, 6.45) is -1.66. The predicted molar refractivity (Wildman–Crippen MR) is 328 cm³/mol. The van der Waals surface area contributed by atoms with Crippen LogP contribution < -0.4 is 32.6 Å². The Bertz CT molecular complexity index is 3720. The second-order valence-electron chi connectivity index (χ2n) is 20.4. The zero-order valence-electron chi connectivity index (χ0n) is 49.4. The van der Waals surface area contributed by atoms with Gasteiger partial charge in [-0.25, -0.2) is 23.5 Å². The molecule has 3 aliphatic rings. The van der Waals surface area contributed by atoms with E-state index in [4.69, 9.17) is 52.9 Å². The minimum absolute atomic E-state index is 0.00421. The normalized spacial score (nSPS) is 17.1. The van der Waals surface area contributed by atoms with Crippen molar-refractivity contribution in [2.45, 2.75) is 77.6 Å². The molecule has 2 aromatic heterocycles. The molecule has 1 aliphatic carbocycles. The molecule has 2 aliphatic heterocycles. The fourth-order valence-electron chi connectivity index (χ4n) is 9.10. The molecule has 0 saturated carbocycles. The average molecular weight is 1340 g/mol. The number of nitrogen functional groups attached to an aromatic ring is 1. The number of H-pyrrole nitrogens is 1. The molecule has 5 atom stereocenters. The number of amides is 2. The second kappa shape index (κ2) is 32.1. The number of nitrogens with zero attached hydrogens (tertiary/aromatic N) is 4. The number of phosphoric ester groups is 1.